The molecular formula is C26H32N8O3. The van der Waals surface area contributed by atoms with Crippen LogP contribution in [-0.4, -0.2) is 69.3 Å². The van der Waals surface area contributed by atoms with Gasteiger partial charge in [-0.2, -0.15) is 0 Å². The fourth-order valence-corrected chi connectivity index (χ4v) is 5.10. The van der Waals surface area contributed by atoms with Crippen molar-refractivity contribution < 1.29 is 14.2 Å². The van der Waals surface area contributed by atoms with Crippen molar-refractivity contribution in [1.29, 1.82) is 0 Å². The van der Waals surface area contributed by atoms with Gasteiger partial charge in [0.25, 0.3) is 0 Å². The topological polar surface area (TPSA) is 131 Å². The van der Waals surface area contributed by atoms with Gasteiger partial charge in [-0.25, -0.2) is 9.98 Å². The van der Waals surface area contributed by atoms with E-state index in [4.69, 9.17) is 29.9 Å². The molecule has 37 heavy (non-hydrogen) atoms. The quantitative estimate of drug-likeness (QED) is 0.473. The second-order valence-corrected chi connectivity index (χ2v) is 9.40. The molecule has 2 saturated heterocycles. The highest BCUT2D eigenvalue weighted by atomic mass is 16.5. The molecule has 194 valence electrons. The zero-order valence-electron chi connectivity index (χ0n) is 20.9. The number of nitrogens with zero attached hydrogens (tertiary/aromatic N) is 4. The van der Waals surface area contributed by atoms with Crippen molar-refractivity contribution in [3.05, 3.63) is 59.4 Å². The maximum atomic E-state index is 6.97. The highest BCUT2D eigenvalue weighted by Gasteiger charge is 2.40. The lowest BCUT2D eigenvalue weighted by atomic mass is 10.0. The van der Waals surface area contributed by atoms with Crippen LogP contribution in [0.1, 0.15) is 24.0 Å². The third-order valence-electron chi connectivity index (χ3n) is 7.08. The standard InChI is InChI=1S/C26H32N8O3/c1-35-21-16-19(34-10-14-37-15-11-34)2-3-20(21)26(27)30-24(29-18-6-12-36-13-7-18)22-23(32-33-25(22)31-26)17-4-8-28-9-5-17/h2-5,8-9,16,18H,6-7,10-15,27H2,1H3,(H,29,30)(H2,31,32,33). The van der Waals surface area contributed by atoms with Crippen LogP contribution in [0.4, 0.5) is 5.69 Å². The molecule has 1 unspecified atom stereocenters. The number of pyridine rings is 1. The number of aromatic nitrogens is 1. The van der Waals surface area contributed by atoms with E-state index in [1.54, 1.807) is 19.5 Å². The Kier molecular flexibility index (Phi) is 6.41. The largest absolute Gasteiger partial charge is 0.496 e. The van der Waals surface area contributed by atoms with Crippen LogP contribution < -0.4 is 31.5 Å². The van der Waals surface area contributed by atoms with E-state index in [2.05, 4.69) is 26.1 Å². The highest BCUT2D eigenvalue weighted by molar-refractivity contribution is 6.30. The molecule has 1 atom stereocenters. The summed E-state index contributed by atoms with van der Waals surface area (Å²) < 4.78 is 16.9. The average Bonchev–Trinajstić information content (AvgIpc) is 3.38. The number of hydrogen-bond donors (Lipinski definition) is 4. The van der Waals surface area contributed by atoms with Crippen LogP contribution in [0.15, 0.2) is 58.3 Å². The molecule has 1 aromatic carbocycles. The number of morpholine rings is 1. The number of rotatable bonds is 5. The van der Waals surface area contributed by atoms with Gasteiger partial charge >= 0.3 is 0 Å². The minimum Gasteiger partial charge on any atom is -0.496 e. The number of hydrogen-bond acceptors (Lipinski definition) is 11. The van der Waals surface area contributed by atoms with Crippen LogP contribution in [0.5, 0.6) is 5.75 Å². The third-order valence-corrected chi connectivity index (χ3v) is 7.08. The summed E-state index contributed by atoms with van der Waals surface area (Å²) in [5, 5.41) is 3.65. The number of hydrazine groups is 1. The third kappa shape index (κ3) is 4.61. The Bertz CT molecular complexity index is 1240. The molecule has 6 rings (SSSR count). The normalized spacial score (nSPS) is 24.0. The predicted octanol–water partition coefficient (Wildman–Crippen LogP) is 1.09. The summed E-state index contributed by atoms with van der Waals surface area (Å²) in [6, 6.07) is 10.1. The number of fused-ring (bicyclic) bond motifs is 1. The zero-order valence-corrected chi connectivity index (χ0v) is 20.9. The minimum atomic E-state index is -1.39. The van der Waals surface area contributed by atoms with Crippen LogP contribution in [0.25, 0.3) is 5.70 Å². The Hall–Kier alpha value is -3.67. The highest BCUT2D eigenvalue weighted by Crippen LogP contribution is 2.38. The summed E-state index contributed by atoms with van der Waals surface area (Å²) in [4.78, 5) is 16.4. The lowest BCUT2D eigenvalue weighted by molar-refractivity contribution is 0.0824. The summed E-state index contributed by atoms with van der Waals surface area (Å²) in [5.41, 5.74) is 17.9. The van der Waals surface area contributed by atoms with Gasteiger partial charge in [0.1, 0.15) is 11.6 Å². The molecule has 0 aliphatic carbocycles. The minimum absolute atomic E-state index is 0.216. The smallest absolute Gasteiger partial charge is 0.236 e. The van der Waals surface area contributed by atoms with Gasteiger partial charge in [0.05, 0.1) is 37.2 Å². The molecule has 4 aliphatic rings. The summed E-state index contributed by atoms with van der Waals surface area (Å²) in [6.07, 6.45) is 5.30. The number of anilines is 1. The lowest BCUT2D eigenvalue weighted by Gasteiger charge is -2.33. The van der Waals surface area contributed by atoms with Gasteiger partial charge < -0.3 is 24.4 Å². The van der Waals surface area contributed by atoms with Crippen LogP contribution in [-0.2, 0) is 15.3 Å². The van der Waals surface area contributed by atoms with Crippen molar-refractivity contribution >= 4 is 23.1 Å². The van der Waals surface area contributed by atoms with E-state index in [1.165, 1.54) is 0 Å². The van der Waals surface area contributed by atoms with E-state index >= 15 is 0 Å². The molecule has 2 aromatic rings. The van der Waals surface area contributed by atoms with Gasteiger partial charge in [-0.15, -0.1) is 0 Å². The van der Waals surface area contributed by atoms with Gasteiger partial charge in [0.2, 0.25) is 5.79 Å². The number of amidine groups is 2. The number of methoxy groups -OCH3 is 1. The summed E-state index contributed by atoms with van der Waals surface area (Å²) >= 11 is 0. The Morgan fingerprint density at radius 1 is 1.03 bits per heavy atom. The first-order valence-corrected chi connectivity index (χ1v) is 12.7. The fraction of sp³-hybridized carbons (Fsp3) is 0.423. The second-order valence-electron chi connectivity index (χ2n) is 9.40. The monoisotopic (exact) mass is 504 g/mol. The first-order chi connectivity index (χ1) is 18.1. The first-order valence-electron chi connectivity index (χ1n) is 12.7. The van der Waals surface area contributed by atoms with Crippen LogP contribution in [0.3, 0.4) is 0 Å². The van der Waals surface area contributed by atoms with Crippen molar-refractivity contribution in [2.24, 2.45) is 15.7 Å². The predicted molar refractivity (Wildman–Crippen MR) is 141 cm³/mol. The van der Waals surface area contributed by atoms with Crippen molar-refractivity contribution in [3.8, 4) is 5.75 Å². The van der Waals surface area contributed by atoms with E-state index in [-0.39, 0.29) is 6.04 Å². The van der Waals surface area contributed by atoms with Crippen LogP contribution in [0, 0.1) is 0 Å². The van der Waals surface area contributed by atoms with E-state index in [0.29, 0.717) is 49.4 Å². The number of nitrogens with one attached hydrogen (secondary N) is 3. The maximum Gasteiger partial charge on any atom is 0.236 e. The lowest BCUT2D eigenvalue weighted by Crippen LogP contribution is -2.48. The number of benzene rings is 1. The number of aliphatic imine (C=N–C) groups is 2. The van der Waals surface area contributed by atoms with Crippen molar-refractivity contribution in [3.63, 3.8) is 0 Å². The fourth-order valence-electron chi connectivity index (χ4n) is 5.10. The van der Waals surface area contributed by atoms with Crippen LogP contribution in [0.2, 0.25) is 0 Å². The van der Waals surface area contributed by atoms with Crippen LogP contribution >= 0.6 is 0 Å². The van der Waals surface area contributed by atoms with E-state index < -0.39 is 5.79 Å². The molecule has 11 heteroatoms. The molecule has 0 bridgehead atoms. The molecular weight excluding hydrogens is 472 g/mol. The SMILES string of the molecule is COc1cc(N2CCOCC2)ccc1C1(N)N=C2NNC(c3ccncc3)=C2C(NC2CCOCC2)=N1. The summed E-state index contributed by atoms with van der Waals surface area (Å²) in [5.74, 6) is 0.558. The van der Waals surface area contributed by atoms with E-state index in [1.807, 2.05) is 30.3 Å². The Morgan fingerprint density at radius 2 is 1.78 bits per heavy atom. The summed E-state index contributed by atoms with van der Waals surface area (Å²) in [7, 11) is 1.65. The first kappa shape index (κ1) is 23.7. The molecule has 1 aromatic heterocycles. The molecule has 0 amide bonds. The van der Waals surface area contributed by atoms with E-state index in [0.717, 1.165) is 48.5 Å². The van der Waals surface area contributed by atoms with Gasteiger partial charge in [-0.1, -0.05) is 0 Å². The van der Waals surface area contributed by atoms with Crippen molar-refractivity contribution in [1.82, 2.24) is 21.2 Å². The number of nitrogens with two attached hydrogens (primary N) is 1. The molecule has 4 aliphatic heterocycles. The number of ether oxygens (including phenoxy) is 3. The molecule has 0 spiro atoms. The molecule has 0 saturated carbocycles. The Labute approximate surface area is 215 Å². The average molecular weight is 505 g/mol. The molecule has 5 N–H and O–H groups in total. The Morgan fingerprint density at radius 3 is 2.54 bits per heavy atom. The van der Waals surface area contributed by atoms with Gasteiger partial charge in [-0.3, -0.25) is 21.6 Å². The zero-order chi connectivity index (χ0) is 25.2. The second kappa shape index (κ2) is 10.0. The molecule has 11 nitrogen and oxygen atoms in total. The van der Waals surface area contributed by atoms with Crippen molar-refractivity contribution in [2.45, 2.75) is 24.7 Å². The summed E-state index contributed by atoms with van der Waals surface area (Å²) in [6.45, 7) is 4.50. The van der Waals surface area contributed by atoms with E-state index in [9.17, 15) is 0 Å². The molecule has 0 radical (unpaired) electrons. The maximum absolute atomic E-state index is 6.97. The van der Waals surface area contributed by atoms with Crippen molar-refractivity contribution in [2.75, 3.05) is 51.5 Å². The van der Waals surface area contributed by atoms with Gasteiger partial charge in [0.15, 0.2) is 5.84 Å². The van der Waals surface area contributed by atoms with Gasteiger partial charge in [0, 0.05) is 62.1 Å². The molecule has 2 fully saturated rings. The molecule has 5 heterocycles. The Balaban J connectivity index is 1.41. The van der Waals surface area contributed by atoms with Gasteiger partial charge in [-0.05, 0) is 37.1 Å².